The maximum absolute atomic E-state index is 16.2. The van der Waals surface area contributed by atoms with Crippen molar-refractivity contribution in [2.24, 2.45) is 0 Å². The second-order valence-electron chi connectivity index (χ2n) is 28.1. The first kappa shape index (κ1) is 78.8. The zero-order chi connectivity index (χ0) is 80.6. The zero-order valence-corrected chi connectivity index (χ0v) is 69.0. The fourth-order valence-corrected chi connectivity index (χ4v) is 37.3. The van der Waals surface area contributed by atoms with E-state index >= 15 is 33.7 Å². The molecule has 12 nitrogen and oxygen atoms in total. The van der Waals surface area contributed by atoms with Gasteiger partial charge in [0.1, 0.15) is 0 Å². The summed E-state index contributed by atoms with van der Waals surface area (Å²) in [6.45, 7) is 0. The summed E-state index contributed by atoms with van der Waals surface area (Å²) >= 11 is -8.55. The van der Waals surface area contributed by atoms with E-state index in [1.807, 2.05) is 364 Å². The number of hydrogen-bond acceptors (Lipinski definition) is 12. The van der Waals surface area contributed by atoms with Crippen molar-refractivity contribution in [1.82, 2.24) is 0 Å². The van der Waals surface area contributed by atoms with Crippen LogP contribution in [0.25, 0.3) is 0 Å². The van der Waals surface area contributed by atoms with Crippen LogP contribution in [-0.4, -0.2) is 53.7 Å². The third-order valence-electron chi connectivity index (χ3n) is 21.6. The van der Waals surface area contributed by atoms with Crippen molar-refractivity contribution >= 4 is 60.5 Å². The zero-order valence-electron chi connectivity index (χ0n) is 62.9. The Morgan fingerprint density at radius 3 is 0.333 bits per heavy atom. The van der Waals surface area contributed by atoms with E-state index in [4.69, 9.17) is 10.1 Å². The molecule has 0 aliphatic heterocycles. The van der Waals surface area contributed by atoms with Crippen LogP contribution in [0, 0.1) is 0 Å². The molecule has 0 spiro atoms. The van der Waals surface area contributed by atoms with Crippen LogP contribution in [0.2, 0.25) is 0 Å². The molecule has 0 heterocycles. The summed E-state index contributed by atoms with van der Waals surface area (Å²) in [5, 5.41) is 0. The van der Waals surface area contributed by atoms with Crippen molar-refractivity contribution < 1.29 is 43.8 Å². The Kier molecular flexibility index (Phi) is 22.4. The van der Waals surface area contributed by atoms with E-state index in [1.54, 1.807) is 48.5 Å². The predicted molar refractivity (Wildman–Crippen MR) is 458 cm³/mol. The van der Waals surface area contributed by atoms with E-state index in [2.05, 4.69) is 0 Å². The Morgan fingerprint density at radius 1 is 0.137 bits per heavy atom. The fourth-order valence-electron chi connectivity index (χ4n) is 16.6. The first-order valence-corrected chi connectivity index (χ1v) is 48.1. The van der Waals surface area contributed by atoms with Crippen LogP contribution in [0.3, 0.4) is 0 Å². The molecular formula is C100H76O12S4Sn. The van der Waals surface area contributed by atoms with Crippen molar-refractivity contribution in [2.75, 3.05) is 0 Å². The number of rotatable bonds is 28. The summed E-state index contributed by atoms with van der Waals surface area (Å²) in [4.78, 5) is -2.80. The van der Waals surface area contributed by atoms with Crippen LogP contribution >= 0.6 is 0 Å². The molecule has 0 unspecified atom stereocenters. The van der Waals surface area contributed by atoms with Gasteiger partial charge in [0.15, 0.2) is 0 Å². The molecular weight excluding hydrogens is 1640 g/mol. The molecule has 0 amide bonds. The van der Waals surface area contributed by atoms with Crippen molar-refractivity contribution in [1.29, 1.82) is 0 Å². The molecule has 17 heteroatoms. The second-order valence-corrected chi connectivity index (χ2v) is 42.9. The molecule has 576 valence electrons. The van der Waals surface area contributed by atoms with E-state index in [0.29, 0.717) is 22.3 Å². The summed E-state index contributed by atoms with van der Waals surface area (Å²) in [5.74, 6) is 0. The Morgan fingerprint density at radius 2 is 0.231 bits per heavy atom. The van der Waals surface area contributed by atoms with Crippen molar-refractivity contribution in [3.05, 3.63) is 550 Å². The molecule has 0 saturated heterocycles. The van der Waals surface area contributed by atoms with Crippen LogP contribution in [0.15, 0.2) is 481 Å². The fraction of sp³-hybridized carbons (Fsp3) is 0.0400. The topological polar surface area (TPSA) is 173 Å². The summed E-state index contributed by atoms with van der Waals surface area (Å²) in [6, 6.07) is 137. The Hall–Kier alpha value is -12.0. The minimum atomic E-state index is -8.55. The van der Waals surface area contributed by atoms with Gasteiger partial charge in [-0.15, -0.1) is 0 Å². The van der Waals surface area contributed by atoms with E-state index in [0.717, 1.165) is 66.8 Å². The molecule has 16 aromatic rings. The summed E-state index contributed by atoms with van der Waals surface area (Å²) in [7, 11) is -23.1. The Balaban J connectivity index is 0.894. The van der Waals surface area contributed by atoms with E-state index in [1.165, 1.54) is 48.5 Å². The standard InChI is InChI=1S/4C25H20O3S.Sn/c4*26-29(27,28)24-18-16-23(17-19-24)25(20-10-4-1-5-11-20,21-12-6-2-7-13-21)22-14-8-3-9-15-22;/h4*1-19H,(H,26,27,28);/q;;;;+4/p-4. The quantitative estimate of drug-likeness (QED) is 0.0336. The van der Waals surface area contributed by atoms with Gasteiger partial charge in [0.05, 0.1) is 0 Å². The van der Waals surface area contributed by atoms with Crippen LogP contribution in [0.1, 0.15) is 89.0 Å². The van der Waals surface area contributed by atoms with Gasteiger partial charge in [0.2, 0.25) is 0 Å². The van der Waals surface area contributed by atoms with Gasteiger partial charge in [-0.25, -0.2) is 0 Å². The molecule has 0 aliphatic rings. The summed E-state index contributed by atoms with van der Waals surface area (Å²) in [5.41, 5.74) is 7.32. The molecule has 117 heavy (non-hydrogen) atoms. The van der Waals surface area contributed by atoms with Crippen LogP contribution < -0.4 is 0 Å². The average molecular weight is 1720 g/mol. The molecule has 16 aromatic carbocycles. The molecule has 16 rings (SSSR count). The first-order valence-electron chi connectivity index (χ1n) is 37.8. The number of hydrogen-bond donors (Lipinski definition) is 0. The van der Waals surface area contributed by atoms with Crippen LogP contribution in [-0.2, 0) is 72.2 Å². The molecule has 0 aromatic heterocycles. The second kappa shape index (κ2) is 33.3. The Bertz CT molecular complexity index is 5330. The van der Waals surface area contributed by atoms with Gasteiger partial charge in [0.25, 0.3) is 0 Å². The van der Waals surface area contributed by atoms with Gasteiger partial charge in [-0.1, -0.05) is 0 Å². The van der Waals surface area contributed by atoms with E-state index in [-0.39, 0.29) is 0 Å². The molecule has 0 atom stereocenters. The molecule has 0 saturated carbocycles. The van der Waals surface area contributed by atoms with Gasteiger partial charge in [-0.3, -0.25) is 0 Å². The van der Waals surface area contributed by atoms with Gasteiger partial charge < -0.3 is 0 Å². The average Bonchev–Trinajstić information content (AvgIpc) is 0.747. The van der Waals surface area contributed by atoms with Crippen LogP contribution in [0.4, 0.5) is 0 Å². The molecule has 0 aliphatic carbocycles. The normalized spacial score (nSPS) is 12.5. The van der Waals surface area contributed by atoms with Crippen molar-refractivity contribution in [3.63, 3.8) is 0 Å². The minimum absolute atomic E-state index is 0.550. The third kappa shape index (κ3) is 15.1. The molecule has 0 bridgehead atoms. The monoisotopic (exact) mass is 1720 g/mol. The van der Waals surface area contributed by atoms with Crippen LogP contribution in [0.5, 0.6) is 0 Å². The molecule has 0 fully saturated rings. The van der Waals surface area contributed by atoms with Gasteiger partial charge in [-0.05, 0) is 0 Å². The molecule has 0 N–H and O–H groups in total. The van der Waals surface area contributed by atoms with Gasteiger partial charge in [0, 0.05) is 0 Å². The third-order valence-corrected chi connectivity index (χ3v) is 41.2. The van der Waals surface area contributed by atoms with E-state index < -0.39 is 102 Å². The van der Waals surface area contributed by atoms with E-state index in [9.17, 15) is 0 Å². The van der Waals surface area contributed by atoms with Gasteiger partial charge >= 0.3 is 696 Å². The summed E-state index contributed by atoms with van der Waals surface area (Å²) in [6.07, 6.45) is 0. The maximum atomic E-state index is 16.2. The SMILES string of the molecule is O=S(=O)([O][Sn]([O]S(=O)(=O)c1ccc(C(c2ccccc2)(c2ccccc2)c2ccccc2)cc1)([O]S(=O)(=O)c1ccc(C(c2ccccc2)(c2ccccc2)c2ccccc2)cc1)[O]S(=O)(=O)c1ccc(C(c2ccccc2)(c2ccccc2)c2ccccc2)cc1)c1ccc(C(c2ccccc2)(c2ccccc2)c2ccccc2)cc1. The predicted octanol–water partition coefficient (Wildman–Crippen LogP) is 20.6. The molecule has 0 radical (unpaired) electrons. The first-order chi connectivity index (χ1) is 56.9. The van der Waals surface area contributed by atoms with Gasteiger partial charge in [-0.2, -0.15) is 0 Å². The Labute approximate surface area is 689 Å². The van der Waals surface area contributed by atoms with Crippen molar-refractivity contribution in [2.45, 2.75) is 41.2 Å². The van der Waals surface area contributed by atoms with Crippen molar-refractivity contribution in [3.8, 4) is 0 Å². The summed E-state index contributed by atoms with van der Waals surface area (Å²) < 4.78 is 154. The number of benzene rings is 16.